The maximum absolute atomic E-state index is 12.9. The zero-order chi connectivity index (χ0) is 24.5. The Kier molecular flexibility index (Phi) is 6.13. The summed E-state index contributed by atoms with van der Waals surface area (Å²) >= 11 is 3.43. The summed E-state index contributed by atoms with van der Waals surface area (Å²) in [6, 6.07) is 10.6. The molecule has 1 saturated heterocycles. The average molecular weight is 513 g/mol. The Bertz CT molecular complexity index is 1240. The number of nitrogens with one attached hydrogen (secondary N) is 1. The van der Waals surface area contributed by atoms with Crippen molar-refractivity contribution in [1.29, 1.82) is 0 Å². The summed E-state index contributed by atoms with van der Waals surface area (Å²) in [6.07, 6.45) is 1.36. The van der Waals surface area contributed by atoms with Crippen LogP contribution in [0.1, 0.15) is 32.5 Å². The Hall–Kier alpha value is -3.20. The topological polar surface area (TPSA) is 87.7 Å². The molecule has 1 aromatic carbocycles. The number of fused-ring (bicyclic) bond motifs is 1. The monoisotopic (exact) mass is 512 g/mol. The first kappa shape index (κ1) is 21.6. The Morgan fingerprint density at radius 3 is 2.55 bits per heavy atom. The zero-order valence-electron chi connectivity index (χ0n) is 19.8. The van der Waals surface area contributed by atoms with E-state index in [4.69, 9.17) is 6.11 Å². The number of rotatable bonds is 3. The molecule has 0 aliphatic carbocycles. The number of benzene rings is 1. The smallest absolute Gasteiger partial charge is 0.410 e. The van der Waals surface area contributed by atoms with E-state index in [1.165, 1.54) is 0 Å². The molecule has 1 N–H and O–H groups in total. The predicted molar refractivity (Wildman–Crippen MR) is 132 cm³/mol. The maximum atomic E-state index is 12.9. The number of hydrogen-bond acceptors (Lipinski definition) is 6. The normalized spacial score (nSPS) is 14.7. The van der Waals surface area contributed by atoms with Crippen LogP contribution in [-0.4, -0.2) is 58.6 Å². The van der Waals surface area contributed by atoms with E-state index in [-0.39, 0.29) is 18.2 Å². The van der Waals surface area contributed by atoms with E-state index in [1.54, 1.807) is 29.3 Å². The van der Waals surface area contributed by atoms with Crippen molar-refractivity contribution in [2.45, 2.75) is 26.4 Å². The fourth-order valence-electron chi connectivity index (χ4n) is 3.48. The minimum absolute atomic E-state index is 0.0959. The minimum atomic E-state index is -0.533. The third-order valence-electron chi connectivity index (χ3n) is 5.11. The molecule has 0 atom stereocenters. The van der Waals surface area contributed by atoms with Gasteiger partial charge in [-0.25, -0.2) is 14.8 Å². The predicted octanol–water partition coefficient (Wildman–Crippen LogP) is 4.70. The van der Waals surface area contributed by atoms with E-state index in [1.807, 2.05) is 43.9 Å². The van der Waals surface area contributed by atoms with E-state index in [9.17, 15) is 9.59 Å². The van der Waals surface area contributed by atoms with E-state index in [0.717, 1.165) is 9.86 Å². The number of carbonyl (C=O) groups is 2. The van der Waals surface area contributed by atoms with Crippen LogP contribution in [0, 0.1) is 0 Å². The van der Waals surface area contributed by atoms with Crippen LogP contribution < -0.4 is 10.2 Å². The van der Waals surface area contributed by atoms with Gasteiger partial charge in [0.15, 0.2) is 0 Å². The zero-order valence-corrected chi connectivity index (χ0v) is 20.3. The van der Waals surface area contributed by atoms with Crippen LogP contribution in [-0.2, 0) is 4.74 Å². The summed E-state index contributed by atoms with van der Waals surface area (Å²) in [5.74, 6) is 0.635. The number of carbonyl (C=O) groups excluding carboxylic acids is 2. The summed E-state index contributed by atoms with van der Waals surface area (Å²) in [4.78, 5) is 37.5. The van der Waals surface area contributed by atoms with Gasteiger partial charge in [-0.1, -0.05) is 22.0 Å². The van der Waals surface area contributed by atoms with Crippen molar-refractivity contribution in [3.05, 3.63) is 58.8 Å². The summed E-state index contributed by atoms with van der Waals surface area (Å²) in [6.45, 7) is 7.73. The van der Waals surface area contributed by atoms with Gasteiger partial charge in [0.25, 0.3) is 5.91 Å². The van der Waals surface area contributed by atoms with Crippen LogP contribution in [0.15, 0.2) is 53.2 Å². The molecule has 1 aliphatic rings. The van der Waals surface area contributed by atoms with Gasteiger partial charge in [-0.2, -0.15) is 0 Å². The van der Waals surface area contributed by atoms with Gasteiger partial charge in [-0.3, -0.25) is 4.79 Å². The van der Waals surface area contributed by atoms with Crippen molar-refractivity contribution >= 4 is 50.3 Å². The Labute approximate surface area is 202 Å². The molecule has 2 amide bonds. The molecule has 3 heterocycles. The lowest BCUT2D eigenvalue weighted by Crippen LogP contribution is -2.50. The van der Waals surface area contributed by atoms with Gasteiger partial charge >= 0.3 is 6.09 Å². The Morgan fingerprint density at radius 1 is 1.06 bits per heavy atom. The number of pyridine rings is 2. The third kappa shape index (κ3) is 5.78. The van der Waals surface area contributed by atoms with E-state index >= 15 is 0 Å². The number of hydrogen-bond donors (Lipinski definition) is 1. The van der Waals surface area contributed by atoms with Gasteiger partial charge in [0, 0.05) is 54.0 Å². The second kappa shape index (κ2) is 9.35. The lowest BCUT2D eigenvalue weighted by Gasteiger charge is -2.36. The molecule has 2 aromatic heterocycles. The highest BCUT2D eigenvalue weighted by molar-refractivity contribution is 9.10. The van der Waals surface area contributed by atoms with Gasteiger partial charge < -0.3 is 19.9 Å². The first-order chi connectivity index (χ1) is 16.1. The summed E-state index contributed by atoms with van der Waals surface area (Å²) in [5.41, 5.74) is -0.101. The van der Waals surface area contributed by atoms with Crippen LogP contribution in [0.2, 0.25) is 0 Å². The average Bonchev–Trinajstić information content (AvgIpc) is 2.78. The van der Waals surface area contributed by atoms with Gasteiger partial charge in [0.1, 0.15) is 17.2 Å². The summed E-state index contributed by atoms with van der Waals surface area (Å²) < 4.78 is 14.5. The number of amides is 2. The van der Waals surface area contributed by atoms with Gasteiger partial charge in [-0.15, -0.1) is 0 Å². The molecule has 0 unspecified atom stereocenters. The van der Waals surface area contributed by atoms with E-state index in [0.29, 0.717) is 48.8 Å². The lowest BCUT2D eigenvalue weighted by atomic mass is 10.2. The molecule has 0 bridgehead atoms. The van der Waals surface area contributed by atoms with Crippen molar-refractivity contribution in [1.82, 2.24) is 14.9 Å². The van der Waals surface area contributed by atoms with Crippen LogP contribution in [0.25, 0.3) is 10.8 Å². The molecule has 3 aromatic rings. The number of piperazine rings is 1. The number of anilines is 2. The standard InChI is InChI=1S/C24H26BrN5O3/c1-24(2,3)33-23(32)30-10-8-29(9-11-30)21-14-16(6-7-26-21)22(31)28-20-13-18-12-19(25)5-4-17(18)15-27-20/h4-7,12-15H,8-11H2,1-3H3,(H,27,28,31)/i15D. The quantitative estimate of drug-likeness (QED) is 0.547. The van der Waals surface area contributed by atoms with Crippen LogP contribution in [0.5, 0.6) is 0 Å². The van der Waals surface area contributed by atoms with Gasteiger partial charge in [-0.05, 0) is 56.5 Å². The molecule has 1 aliphatic heterocycles. The molecular formula is C24H26BrN5O3. The molecule has 1 fully saturated rings. The fourth-order valence-corrected chi connectivity index (χ4v) is 3.86. The van der Waals surface area contributed by atoms with Crippen LogP contribution in [0.4, 0.5) is 16.4 Å². The number of nitrogens with zero attached hydrogens (tertiary/aromatic N) is 4. The van der Waals surface area contributed by atoms with Gasteiger partial charge in [0.05, 0.1) is 1.37 Å². The van der Waals surface area contributed by atoms with Crippen LogP contribution >= 0.6 is 15.9 Å². The molecule has 0 saturated carbocycles. The van der Waals surface area contributed by atoms with Crippen molar-refractivity contribution in [2.75, 3.05) is 36.4 Å². The molecule has 9 heteroatoms. The third-order valence-corrected chi connectivity index (χ3v) is 5.60. The molecule has 0 spiro atoms. The highest BCUT2D eigenvalue weighted by Crippen LogP contribution is 2.22. The summed E-state index contributed by atoms with van der Waals surface area (Å²) in [7, 11) is 0. The highest BCUT2D eigenvalue weighted by Gasteiger charge is 2.26. The lowest BCUT2D eigenvalue weighted by molar-refractivity contribution is 0.0240. The van der Waals surface area contributed by atoms with E-state index < -0.39 is 5.60 Å². The first-order valence-corrected chi connectivity index (χ1v) is 11.5. The Morgan fingerprint density at radius 2 is 1.82 bits per heavy atom. The van der Waals surface area contributed by atoms with Crippen molar-refractivity contribution < 1.29 is 15.7 Å². The highest BCUT2D eigenvalue weighted by atomic mass is 79.9. The molecule has 33 heavy (non-hydrogen) atoms. The molecule has 4 rings (SSSR count). The summed E-state index contributed by atoms with van der Waals surface area (Å²) in [5, 5.41) is 4.30. The molecule has 172 valence electrons. The second-order valence-electron chi connectivity index (χ2n) is 8.80. The number of ether oxygens (including phenoxy) is 1. The first-order valence-electron chi connectivity index (χ1n) is 11.2. The fraction of sp³-hybridized carbons (Fsp3) is 0.333. The Balaban J connectivity index is 1.43. The molecular weight excluding hydrogens is 486 g/mol. The second-order valence-corrected chi connectivity index (χ2v) is 9.71. The maximum Gasteiger partial charge on any atom is 0.410 e. The number of aromatic nitrogens is 2. The van der Waals surface area contributed by atoms with Crippen LogP contribution in [0.3, 0.4) is 0 Å². The molecule has 0 radical (unpaired) electrons. The number of halogens is 1. The minimum Gasteiger partial charge on any atom is -0.444 e. The van der Waals surface area contributed by atoms with E-state index in [2.05, 4.69) is 31.2 Å². The van der Waals surface area contributed by atoms with Crippen molar-refractivity contribution in [2.24, 2.45) is 0 Å². The largest absolute Gasteiger partial charge is 0.444 e. The molecule has 8 nitrogen and oxygen atoms in total. The van der Waals surface area contributed by atoms with Crippen molar-refractivity contribution in [3.8, 4) is 0 Å². The SMILES string of the molecule is [2H]c1nc(NC(=O)c2ccnc(N3CCN(C(=O)OC(C)(C)C)CC3)c2)cc2cc(Br)ccc12. The van der Waals surface area contributed by atoms with Crippen molar-refractivity contribution in [3.63, 3.8) is 0 Å². The van der Waals surface area contributed by atoms with Gasteiger partial charge in [0.2, 0.25) is 0 Å².